The normalized spacial score (nSPS) is 16.9. The van der Waals surface area contributed by atoms with Gasteiger partial charge in [0.25, 0.3) is 0 Å². The third-order valence-corrected chi connectivity index (χ3v) is 7.36. The molecule has 0 saturated carbocycles. The highest BCUT2D eigenvalue weighted by Gasteiger charge is 2.32. The Morgan fingerprint density at radius 2 is 1.55 bits per heavy atom. The highest BCUT2D eigenvalue weighted by molar-refractivity contribution is 5.86. The number of amides is 2. The second kappa shape index (κ2) is 16.4. The Balaban J connectivity index is 1.68. The van der Waals surface area contributed by atoms with Gasteiger partial charge >= 0.3 is 5.97 Å². The van der Waals surface area contributed by atoms with Crippen LogP contribution in [0, 0.1) is 11.8 Å². The minimum Gasteiger partial charge on any atom is -0.463 e. The van der Waals surface area contributed by atoms with Crippen LogP contribution < -0.4 is 5.32 Å². The first-order valence-electron chi connectivity index (χ1n) is 14.1. The lowest BCUT2D eigenvalue weighted by molar-refractivity contribution is -0.149. The zero-order valence-electron chi connectivity index (χ0n) is 23.3. The van der Waals surface area contributed by atoms with Crippen LogP contribution in [0.5, 0.6) is 0 Å². The largest absolute Gasteiger partial charge is 0.463 e. The van der Waals surface area contributed by atoms with Crippen molar-refractivity contribution in [2.24, 2.45) is 11.8 Å². The molecule has 3 rings (SSSR count). The standard InChI is InChI=1S/C33H42N2O5/c1-3-12-27(22-31(37)35-19-11-18-30(35)23-36)32(38)34-29(21-26-16-9-6-10-17-26)24-40-33(39)28(13-4-2)20-25-14-7-5-8-15-25/h3-10,14-17,27-30,36H,1-2,11-13,18-24H2,(H,34,38)/t27-,28+,29+,30+/m1/s1. The summed E-state index contributed by atoms with van der Waals surface area (Å²) in [4.78, 5) is 41.2. The van der Waals surface area contributed by atoms with Gasteiger partial charge in [-0.05, 0) is 49.7 Å². The molecular weight excluding hydrogens is 504 g/mol. The molecule has 7 heteroatoms. The van der Waals surface area contributed by atoms with Crippen molar-refractivity contribution in [3.05, 3.63) is 97.1 Å². The Bertz CT molecular complexity index is 1100. The average Bonchev–Trinajstić information content (AvgIpc) is 3.45. The monoisotopic (exact) mass is 546 g/mol. The SMILES string of the molecule is C=CC[C@H](CC(=O)N1CCC[C@H]1CO)C(=O)N[C@H](COC(=O)[C@@H](CC=C)Cc1ccccc1)Cc1ccccc1. The Morgan fingerprint density at radius 1 is 0.950 bits per heavy atom. The molecule has 1 aliphatic rings. The fourth-order valence-corrected chi connectivity index (χ4v) is 5.20. The molecule has 0 aromatic heterocycles. The lowest BCUT2D eigenvalue weighted by Gasteiger charge is -2.26. The lowest BCUT2D eigenvalue weighted by Crippen LogP contribution is -2.45. The molecule has 2 N–H and O–H groups in total. The predicted octanol–water partition coefficient (Wildman–Crippen LogP) is 4.26. The van der Waals surface area contributed by atoms with E-state index in [1.54, 1.807) is 17.1 Å². The first-order valence-corrected chi connectivity index (χ1v) is 14.1. The second-order valence-electron chi connectivity index (χ2n) is 10.4. The summed E-state index contributed by atoms with van der Waals surface area (Å²) in [5.74, 6) is -1.74. The highest BCUT2D eigenvalue weighted by atomic mass is 16.5. The molecule has 40 heavy (non-hydrogen) atoms. The van der Waals surface area contributed by atoms with E-state index in [0.717, 1.165) is 24.0 Å². The number of carbonyl (C=O) groups excluding carboxylic acids is 3. The number of aliphatic hydroxyl groups is 1. The molecule has 4 atom stereocenters. The zero-order valence-corrected chi connectivity index (χ0v) is 23.3. The van der Waals surface area contributed by atoms with Crippen LogP contribution in [0.4, 0.5) is 0 Å². The molecule has 7 nitrogen and oxygen atoms in total. The van der Waals surface area contributed by atoms with Gasteiger partial charge in [-0.3, -0.25) is 14.4 Å². The van der Waals surface area contributed by atoms with Crippen LogP contribution in [-0.4, -0.2) is 59.6 Å². The quantitative estimate of drug-likeness (QED) is 0.242. The van der Waals surface area contributed by atoms with Gasteiger partial charge in [0.2, 0.25) is 11.8 Å². The summed E-state index contributed by atoms with van der Waals surface area (Å²) in [6.07, 6.45) is 6.83. The molecule has 0 radical (unpaired) electrons. The van der Waals surface area contributed by atoms with Crippen molar-refractivity contribution in [3.63, 3.8) is 0 Å². The molecule has 214 valence electrons. The summed E-state index contributed by atoms with van der Waals surface area (Å²) < 4.78 is 5.77. The first-order chi connectivity index (χ1) is 19.4. The van der Waals surface area contributed by atoms with Crippen LogP contribution >= 0.6 is 0 Å². The van der Waals surface area contributed by atoms with Crippen molar-refractivity contribution in [2.75, 3.05) is 19.8 Å². The number of carbonyl (C=O) groups is 3. The fraction of sp³-hybridized carbons (Fsp3) is 0.424. The number of esters is 1. The topological polar surface area (TPSA) is 95.9 Å². The first kappa shape index (κ1) is 30.8. The minimum absolute atomic E-state index is 0.00929. The van der Waals surface area contributed by atoms with Gasteiger partial charge in [0.1, 0.15) is 6.61 Å². The maximum atomic E-state index is 13.4. The third-order valence-electron chi connectivity index (χ3n) is 7.36. The molecule has 0 spiro atoms. The van der Waals surface area contributed by atoms with Crippen LogP contribution in [0.2, 0.25) is 0 Å². The summed E-state index contributed by atoms with van der Waals surface area (Å²) in [6.45, 7) is 8.09. The maximum absolute atomic E-state index is 13.4. The number of nitrogens with zero attached hydrogens (tertiary/aromatic N) is 1. The molecule has 0 bridgehead atoms. The van der Waals surface area contributed by atoms with E-state index in [9.17, 15) is 19.5 Å². The fourth-order valence-electron chi connectivity index (χ4n) is 5.20. The number of rotatable bonds is 16. The van der Waals surface area contributed by atoms with Gasteiger partial charge in [0.05, 0.1) is 30.5 Å². The van der Waals surface area contributed by atoms with Crippen molar-refractivity contribution in [2.45, 2.75) is 57.0 Å². The van der Waals surface area contributed by atoms with Crippen molar-refractivity contribution in [3.8, 4) is 0 Å². The van der Waals surface area contributed by atoms with Crippen molar-refractivity contribution in [1.82, 2.24) is 10.2 Å². The number of nitrogens with one attached hydrogen (secondary N) is 1. The predicted molar refractivity (Wildman–Crippen MR) is 156 cm³/mol. The second-order valence-corrected chi connectivity index (χ2v) is 10.4. The van der Waals surface area contributed by atoms with Gasteiger partial charge in [-0.2, -0.15) is 0 Å². The van der Waals surface area contributed by atoms with Gasteiger partial charge in [-0.15, -0.1) is 13.2 Å². The number of ether oxygens (including phenoxy) is 1. The Kier molecular flexibility index (Phi) is 12.6. The van der Waals surface area contributed by atoms with E-state index in [0.29, 0.717) is 32.2 Å². The number of likely N-dealkylation sites (tertiary alicyclic amines) is 1. The Morgan fingerprint density at radius 3 is 2.15 bits per heavy atom. The van der Waals surface area contributed by atoms with Crippen LogP contribution in [0.1, 0.15) is 43.2 Å². The molecule has 1 heterocycles. The molecule has 1 saturated heterocycles. The molecule has 0 unspecified atom stereocenters. The molecule has 0 aliphatic carbocycles. The van der Waals surface area contributed by atoms with Crippen molar-refractivity contribution >= 4 is 17.8 Å². The van der Waals surface area contributed by atoms with Gasteiger partial charge in [-0.25, -0.2) is 0 Å². The van der Waals surface area contributed by atoms with E-state index < -0.39 is 12.0 Å². The highest BCUT2D eigenvalue weighted by Crippen LogP contribution is 2.21. The summed E-state index contributed by atoms with van der Waals surface area (Å²) in [5, 5.41) is 12.7. The average molecular weight is 547 g/mol. The number of hydrogen-bond acceptors (Lipinski definition) is 5. The molecule has 2 aromatic carbocycles. The summed E-state index contributed by atoms with van der Waals surface area (Å²) in [6, 6.07) is 18.8. The molecule has 1 fully saturated rings. The van der Waals surface area contributed by atoms with E-state index in [2.05, 4.69) is 18.5 Å². The van der Waals surface area contributed by atoms with E-state index in [1.165, 1.54) is 0 Å². The Hall–Kier alpha value is -3.71. The summed E-state index contributed by atoms with van der Waals surface area (Å²) >= 11 is 0. The number of benzene rings is 2. The zero-order chi connectivity index (χ0) is 28.7. The van der Waals surface area contributed by atoms with Gasteiger partial charge in [0.15, 0.2) is 0 Å². The Labute approximate surface area is 237 Å². The third kappa shape index (κ3) is 9.49. The lowest BCUT2D eigenvalue weighted by atomic mass is 9.96. The van der Waals surface area contributed by atoms with E-state index in [-0.39, 0.29) is 49.4 Å². The van der Waals surface area contributed by atoms with Crippen LogP contribution in [0.25, 0.3) is 0 Å². The summed E-state index contributed by atoms with van der Waals surface area (Å²) in [5.41, 5.74) is 2.04. The minimum atomic E-state index is -0.606. The van der Waals surface area contributed by atoms with E-state index in [1.807, 2.05) is 60.7 Å². The van der Waals surface area contributed by atoms with Gasteiger partial charge in [-0.1, -0.05) is 72.8 Å². The number of allylic oxidation sites excluding steroid dienone is 2. The summed E-state index contributed by atoms with van der Waals surface area (Å²) in [7, 11) is 0. The van der Waals surface area contributed by atoms with Crippen LogP contribution in [-0.2, 0) is 32.0 Å². The van der Waals surface area contributed by atoms with E-state index >= 15 is 0 Å². The van der Waals surface area contributed by atoms with Crippen LogP contribution in [0.15, 0.2) is 86.0 Å². The van der Waals surface area contributed by atoms with Crippen molar-refractivity contribution in [1.29, 1.82) is 0 Å². The number of aliphatic hydroxyl groups excluding tert-OH is 1. The van der Waals surface area contributed by atoms with Crippen LogP contribution in [0.3, 0.4) is 0 Å². The molecule has 2 amide bonds. The van der Waals surface area contributed by atoms with E-state index in [4.69, 9.17) is 4.74 Å². The smallest absolute Gasteiger partial charge is 0.309 e. The van der Waals surface area contributed by atoms with Crippen molar-refractivity contribution < 1.29 is 24.2 Å². The maximum Gasteiger partial charge on any atom is 0.309 e. The van der Waals surface area contributed by atoms with Gasteiger partial charge < -0.3 is 20.1 Å². The number of hydrogen-bond donors (Lipinski definition) is 2. The molecule has 1 aliphatic heterocycles. The van der Waals surface area contributed by atoms with Gasteiger partial charge in [0, 0.05) is 13.0 Å². The molecular formula is C33H42N2O5. The molecule has 2 aromatic rings.